The average Bonchev–Trinajstić information content (AvgIpc) is 2.65. The van der Waals surface area contributed by atoms with Crippen molar-refractivity contribution in [1.29, 1.82) is 0 Å². The highest BCUT2D eigenvalue weighted by atomic mass is 16.5. The minimum absolute atomic E-state index is 0.0608. The molecule has 7 heteroatoms. The number of ether oxygens (including phenoxy) is 1. The molecule has 142 valence electrons. The molecular weight excluding hydrogens is 332 g/mol. The summed E-state index contributed by atoms with van der Waals surface area (Å²) in [5.41, 5.74) is 1.99. The van der Waals surface area contributed by atoms with Crippen molar-refractivity contribution in [2.75, 3.05) is 52.9 Å². The number of likely N-dealkylation sites (N-methyl/N-ethyl adjacent to an activating group) is 1. The van der Waals surface area contributed by atoms with E-state index in [2.05, 4.69) is 15.5 Å². The van der Waals surface area contributed by atoms with E-state index < -0.39 is 12.1 Å². The summed E-state index contributed by atoms with van der Waals surface area (Å²) in [5.74, 6) is -0.268. The molecule has 2 N–H and O–H groups in total. The number of carbonyl (C=O) groups is 2. The standard InChI is InChI=1S/C19H28N4O3/c1-14-5-3-4-6-15(14)17-18(26-13-16(24)22(17)2)19(25)21-9-12-23-10-7-20-8-11-23/h3-6,17-18,20H,7-13H2,1-2H3,(H,21,25)/t17-,18+/m1/s1. The Bertz CT molecular complexity index is 645. The van der Waals surface area contributed by atoms with Crippen molar-refractivity contribution >= 4 is 11.8 Å². The fraction of sp³-hybridized carbons (Fsp3) is 0.579. The zero-order chi connectivity index (χ0) is 18.5. The lowest BCUT2D eigenvalue weighted by Crippen LogP contribution is -2.54. The molecule has 2 amide bonds. The molecule has 2 atom stereocenters. The first kappa shape index (κ1) is 18.8. The van der Waals surface area contributed by atoms with Gasteiger partial charge in [0.05, 0.1) is 6.04 Å². The molecule has 0 saturated carbocycles. The van der Waals surface area contributed by atoms with Gasteiger partial charge in [-0.1, -0.05) is 24.3 Å². The van der Waals surface area contributed by atoms with Gasteiger partial charge in [0.15, 0.2) is 6.10 Å². The second-order valence-corrected chi connectivity index (χ2v) is 6.92. The van der Waals surface area contributed by atoms with E-state index in [0.717, 1.165) is 43.9 Å². The van der Waals surface area contributed by atoms with Crippen LogP contribution in [0.5, 0.6) is 0 Å². The van der Waals surface area contributed by atoms with E-state index in [1.54, 1.807) is 11.9 Å². The second kappa shape index (κ2) is 8.62. The van der Waals surface area contributed by atoms with Gasteiger partial charge in [-0.05, 0) is 18.1 Å². The molecule has 2 aliphatic rings. The van der Waals surface area contributed by atoms with Crippen LogP contribution in [0.15, 0.2) is 24.3 Å². The molecule has 2 heterocycles. The predicted octanol–water partition coefficient (Wildman–Crippen LogP) is -0.0853. The smallest absolute Gasteiger partial charge is 0.251 e. The molecule has 1 aromatic rings. The molecular formula is C19H28N4O3. The lowest BCUT2D eigenvalue weighted by atomic mass is 9.94. The predicted molar refractivity (Wildman–Crippen MR) is 98.7 cm³/mol. The van der Waals surface area contributed by atoms with Gasteiger partial charge in [-0.2, -0.15) is 0 Å². The Morgan fingerprint density at radius 3 is 2.77 bits per heavy atom. The number of hydrogen-bond acceptors (Lipinski definition) is 5. The van der Waals surface area contributed by atoms with E-state index in [1.165, 1.54) is 0 Å². The molecule has 0 aliphatic carbocycles. The fourth-order valence-corrected chi connectivity index (χ4v) is 3.59. The van der Waals surface area contributed by atoms with Crippen molar-refractivity contribution in [3.63, 3.8) is 0 Å². The number of aryl methyl sites for hydroxylation is 1. The number of rotatable bonds is 5. The third kappa shape index (κ3) is 4.23. The largest absolute Gasteiger partial charge is 0.356 e. The van der Waals surface area contributed by atoms with E-state index >= 15 is 0 Å². The van der Waals surface area contributed by atoms with Crippen LogP contribution in [0.3, 0.4) is 0 Å². The van der Waals surface area contributed by atoms with E-state index in [-0.39, 0.29) is 18.4 Å². The van der Waals surface area contributed by atoms with Crippen LogP contribution >= 0.6 is 0 Å². The summed E-state index contributed by atoms with van der Waals surface area (Å²) in [6.45, 7) is 7.30. The fourth-order valence-electron chi connectivity index (χ4n) is 3.59. The molecule has 2 fully saturated rings. The Hall–Kier alpha value is -1.96. The van der Waals surface area contributed by atoms with Crippen LogP contribution < -0.4 is 10.6 Å². The molecule has 1 aromatic carbocycles. The van der Waals surface area contributed by atoms with Crippen LogP contribution in [0.1, 0.15) is 17.2 Å². The number of piperazine rings is 1. The average molecular weight is 360 g/mol. The molecule has 0 bridgehead atoms. The normalized spacial score (nSPS) is 24.5. The number of hydrogen-bond donors (Lipinski definition) is 2. The van der Waals surface area contributed by atoms with Gasteiger partial charge in [0.1, 0.15) is 6.61 Å². The molecule has 2 saturated heterocycles. The van der Waals surface area contributed by atoms with Gasteiger partial charge in [0.25, 0.3) is 5.91 Å². The molecule has 0 unspecified atom stereocenters. The van der Waals surface area contributed by atoms with Gasteiger partial charge in [-0.25, -0.2) is 0 Å². The Morgan fingerprint density at radius 2 is 2.04 bits per heavy atom. The topological polar surface area (TPSA) is 73.9 Å². The van der Waals surface area contributed by atoms with Gasteiger partial charge in [-0.3, -0.25) is 14.5 Å². The summed E-state index contributed by atoms with van der Waals surface area (Å²) >= 11 is 0. The Balaban J connectivity index is 1.66. The summed E-state index contributed by atoms with van der Waals surface area (Å²) in [5, 5.41) is 6.31. The van der Waals surface area contributed by atoms with Crippen molar-refractivity contribution in [3.05, 3.63) is 35.4 Å². The number of morpholine rings is 1. The molecule has 26 heavy (non-hydrogen) atoms. The maximum absolute atomic E-state index is 12.8. The van der Waals surface area contributed by atoms with Crippen molar-refractivity contribution in [3.8, 4) is 0 Å². The highest BCUT2D eigenvalue weighted by Gasteiger charge is 2.40. The van der Waals surface area contributed by atoms with Gasteiger partial charge in [0.2, 0.25) is 5.91 Å². The number of benzene rings is 1. The van der Waals surface area contributed by atoms with Crippen LogP contribution in [0.25, 0.3) is 0 Å². The van der Waals surface area contributed by atoms with Crippen molar-refractivity contribution in [2.24, 2.45) is 0 Å². The zero-order valence-corrected chi connectivity index (χ0v) is 15.5. The Morgan fingerprint density at radius 1 is 1.31 bits per heavy atom. The molecule has 0 radical (unpaired) electrons. The SMILES string of the molecule is Cc1ccccc1[C@@H]1[C@@H](C(=O)NCCN2CCNCC2)OCC(=O)N1C. The van der Waals surface area contributed by atoms with E-state index in [9.17, 15) is 9.59 Å². The van der Waals surface area contributed by atoms with Crippen LogP contribution in [0.4, 0.5) is 0 Å². The molecule has 2 aliphatic heterocycles. The first-order valence-electron chi connectivity index (χ1n) is 9.21. The lowest BCUT2D eigenvalue weighted by Gasteiger charge is -2.39. The lowest BCUT2D eigenvalue weighted by molar-refractivity contribution is -0.162. The van der Waals surface area contributed by atoms with Crippen molar-refractivity contribution < 1.29 is 14.3 Å². The van der Waals surface area contributed by atoms with Crippen LogP contribution in [-0.2, 0) is 14.3 Å². The Kier molecular flexibility index (Phi) is 6.24. The van der Waals surface area contributed by atoms with Crippen molar-refractivity contribution in [2.45, 2.75) is 19.1 Å². The van der Waals surface area contributed by atoms with Crippen LogP contribution in [0, 0.1) is 6.92 Å². The van der Waals surface area contributed by atoms with Crippen molar-refractivity contribution in [1.82, 2.24) is 20.4 Å². The highest BCUT2D eigenvalue weighted by molar-refractivity contribution is 5.86. The van der Waals surface area contributed by atoms with E-state index in [4.69, 9.17) is 4.74 Å². The first-order valence-corrected chi connectivity index (χ1v) is 9.21. The number of carbonyl (C=O) groups excluding carboxylic acids is 2. The summed E-state index contributed by atoms with van der Waals surface area (Å²) < 4.78 is 5.66. The Labute approximate surface area is 154 Å². The van der Waals surface area contributed by atoms with Gasteiger partial charge in [-0.15, -0.1) is 0 Å². The minimum atomic E-state index is -0.693. The van der Waals surface area contributed by atoms with E-state index in [1.807, 2.05) is 31.2 Å². The summed E-state index contributed by atoms with van der Waals surface area (Å²) in [6.07, 6.45) is -0.693. The van der Waals surface area contributed by atoms with Gasteiger partial charge < -0.3 is 20.3 Å². The zero-order valence-electron chi connectivity index (χ0n) is 15.5. The monoisotopic (exact) mass is 360 g/mol. The van der Waals surface area contributed by atoms with Gasteiger partial charge in [0, 0.05) is 46.3 Å². The maximum Gasteiger partial charge on any atom is 0.251 e. The van der Waals surface area contributed by atoms with E-state index in [0.29, 0.717) is 6.54 Å². The van der Waals surface area contributed by atoms with Crippen LogP contribution in [0.2, 0.25) is 0 Å². The summed E-state index contributed by atoms with van der Waals surface area (Å²) in [7, 11) is 1.74. The highest BCUT2D eigenvalue weighted by Crippen LogP contribution is 2.31. The first-order chi connectivity index (χ1) is 12.6. The second-order valence-electron chi connectivity index (χ2n) is 6.92. The quantitative estimate of drug-likeness (QED) is 0.768. The van der Waals surface area contributed by atoms with Crippen LogP contribution in [-0.4, -0.2) is 80.6 Å². The molecule has 0 aromatic heterocycles. The summed E-state index contributed by atoms with van der Waals surface area (Å²) in [4.78, 5) is 28.9. The third-order valence-electron chi connectivity index (χ3n) is 5.19. The number of nitrogens with zero attached hydrogens (tertiary/aromatic N) is 2. The third-order valence-corrected chi connectivity index (χ3v) is 5.19. The molecule has 7 nitrogen and oxygen atoms in total. The molecule has 0 spiro atoms. The number of nitrogens with one attached hydrogen (secondary N) is 2. The number of amides is 2. The summed E-state index contributed by atoms with van der Waals surface area (Å²) in [6, 6.07) is 7.42. The maximum atomic E-state index is 12.8. The molecule has 3 rings (SSSR count). The van der Waals surface area contributed by atoms with Gasteiger partial charge >= 0.3 is 0 Å². The minimum Gasteiger partial charge on any atom is -0.356 e.